The van der Waals surface area contributed by atoms with Crippen molar-refractivity contribution in [2.75, 3.05) is 44.8 Å². The number of fused-ring (bicyclic) bond motifs is 1. The topological polar surface area (TPSA) is 54.9 Å². The fourth-order valence-electron chi connectivity index (χ4n) is 3.24. The molecule has 0 aliphatic heterocycles. The number of ether oxygens (including phenoxy) is 2. The summed E-state index contributed by atoms with van der Waals surface area (Å²) in [6, 6.07) is 10.9. The number of aryl methyl sites for hydroxylation is 1. The first kappa shape index (κ1) is 26.2. The Kier molecular flexibility index (Phi) is 10.0. The molecule has 1 aromatic heterocycles. The van der Waals surface area contributed by atoms with E-state index >= 15 is 0 Å². The Balaban J connectivity index is 0.00000363. The zero-order chi connectivity index (χ0) is 22.4. The monoisotopic (exact) mass is 497 g/mol. The summed E-state index contributed by atoms with van der Waals surface area (Å²) in [7, 11) is 1.63. The molecule has 3 rings (SSSR count). The molecule has 0 bridgehead atoms. The van der Waals surface area contributed by atoms with Gasteiger partial charge in [-0.2, -0.15) is 0 Å². The SMILES string of the molecule is CCN(CC)CCN(C(=O)COc1ccc(Cl)cc1)c1nc2c(OC)ccc(C)c2s1.Cl. The Hall–Kier alpha value is -2.06. The van der Waals surface area contributed by atoms with E-state index in [0.29, 0.717) is 28.2 Å². The summed E-state index contributed by atoms with van der Waals surface area (Å²) in [6.07, 6.45) is 0. The van der Waals surface area contributed by atoms with E-state index in [2.05, 4.69) is 18.7 Å². The largest absolute Gasteiger partial charge is 0.494 e. The fraction of sp³-hybridized carbons (Fsp3) is 0.391. The maximum absolute atomic E-state index is 13.2. The van der Waals surface area contributed by atoms with Crippen LogP contribution in [0.15, 0.2) is 36.4 Å². The maximum atomic E-state index is 13.2. The predicted octanol–water partition coefficient (Wildman–Crippen LogP) is 5.44. The van der Waals surface area contributed by atoms with Gasteiger partial charge >= 0.3 is 0 Å². The highest BCUT2D eigenvalue weighted by molar-refractivity contribution is 7.22. The lowest BCUT2D eigenvalue weighted by atomic mass is 10.2. The maximum Gasteiger partial charge on any atom is 0.266 e. The first-order valence-corrected chi connectivity index (χ1v) is 11.5. The molecule has 0 unspecified atom stereocenters. The van der Waals surface area contributed by atoms with E-state index < -0.39 is 0 Å². The van der Waals surface area contributed by atoms with E-state index in [1.807, 2.05) is 19.1 Å². The van der Waals surface area contributed by atoms with Gasteiger partial charge in [0, 0.05) is 18.1 Å². The van der Waals surface area contributed by atoms with Gasteiger partial charge in [0.25, 0.3) is 5.91 Å². The van der Waals surface area contributed by atoms with Crippen molar-refractivity contribution < 1.29 is 14.3 Å². The fourth-order valence-corrected chi connectivity index (χ4v) is 4.46. The predicted molar refractivity (Wildman–Crippen MR) is 135 cm³/mol. The van der Waals surface area contributed by atoms with Crippen molar-refractivity contribution in [1.82, 2.24) is 9.88 Å². The summed E-state index contributed by atoms with van der Waals surface area (Å²) in [5.41, 5.74) is 1.88. The van der Waals surface area contributed by atoms with Crippen LogP contribution < -0.4 is 14.4 Å². The van der Waals surface area contributed by atoms with E-state index in [0.717, 1.165) is 35.4 Å². The Bertz CT molecular complexity index is 1020. The highest BCUT2D eigenvalue weighted by Crippen LogP contribution is 2.36. The van der Waals surface area contributed by atoms with Crippen LogP contribution >= 0.6 is 35.3 Å². The Morgan fingerprint density at radius 1 is 1.09 bits per heavy atom. The zero-order valence-corrected chi connectivity index (χ0v) is 21.1. The van der Waals surface area contributed by atoms with E-state index in [1.54, 1.807) is 36.3 Å². The third-order valence-corrected chi connectivity index (χ3v) is 6.62. The van der Waals surface area contributed by atoms with Crippen LogP contribution in [0, 0.1) is 6.92 Å². The second kappa shape index (κ2) is 12.3. The lowest BCUT2D eigenvalue weighted by Gasteiger charge is -2.24. The number of carbonyl (C=O) groups excluding carboxylic acids is 1. The lowest BCUT2D eigenvalue weighted by molar-refractivity contribution is -0.120. The Morgan fingerprint density at radius 3 is 2.41 bits per heavy atom. The zero-order valence-electron chi connectivity index (χ0n) is 18.8. The molecule has 0 fully saturated rings. The first-order valence-electron chi connectivity index (χ1n) is 10.3. The van der Waals surface area contributed by atoms with Crippen molar-refractivity contribution in [3.05, 3.63) is 47.0 Å². The Morgan fingerprint density at radius 2 is 1.78 bits per heavy atom. The molecular formula is C23H29Cl2N3O3S. The van der Waals surface area contributed by atoms with Gasteiger partial charge in [0.05, 0.1) is 11.8 Å². The summed E-state index contributed by atoms with van der Waals surface area (Å²) in [4.78, 5) is 21.9. The van der Waals surface area contributed by atoms with Crippen LogP contribution in [0.2, 0.25) is 5.02 Å². The number of hydrogen-bond acceptors (Lipinski definition) is 6. The van der Waals surface area contributed by atoms with Gasteiger partial charge in [-0.05, 0) is 55.9 Å². The molecule has 0 spiro atoms. The van der Waals surface area contributed by atoms with Gasteiger partial charge in [0.2, 0.25) is 0 Å². The minimum absolute atomic E-state index is 0. The van der Waals surface area contributed by atoms with Crippen LogP contribution in [0.3, 0.4) is 0 Å². The molecule has 2 aromatic carbocycles. The highest BCUT2D eigenvalue weighted by atomic mass is 35.5. The van der Waals surface area contributed by atoms with E-state index in [4.69, 9.17) is 26.1 Å². The standard InChI is InChI=1S/C23H28ClN3O3S.ClH/c1-5-26(6-2)13-14-27(20(28)15-30-18-10-8-17(24)9-11-18)23-25-21-19(29-4)12-7-16(3)22(21)31-23;/h7-12H,5-6,13-15H2,1-4H3;1H. The molecule has 1 amide bonds. The molecule has 9 heteroatoms. The molecule has 6 nitrogen and oxygen atoms in total. The minimum Gasteiger partial charge on any atom is -0.494 e. The molecule has 1 heterocycles. The number of nitrogens with zero attached hydrogens (tertiary/aromatic N) is 3. The van der Waals surface area contributed by atoms with Crippen LogP contribution in [0.1, 0.15) is 19.4 Å². The average Bonchev–Trinajstić information content (AvgIpc) is 3.22. The molecule has 174 valence electrons. The van der Waals surface area contributed by atoms with E-state index in [1.165, 1.54) is 11.3 Å². The normalized spacial score (nSPS) is 10.8. The Labute approximate surface area is 204 Å². The number of carbonyl (C=O) groups is 1. The highest BCUT2D eigenvalue weighted by Gasteiger charge is 2.22. The molecule has 0 N–H and O–H groups in total. The number of methoxy groups -OCH3 is 1. The number of aromatic nitrogens is 1. The molecule has 0 aliphatic carbocycles. The smallest absolute Gasteiger partial charge is 0.266 e. The molecule has 0 aliphatic rings. The molecule has 0 atom stereocenters. The number of amides is 1. The molecular weight excluding hydrogens is 469 g/mol. The van der Waals surface area contributed by atoms with E-state index in [-0.39, 0.29) is 24.9 Å². The number of anilines is 1. The second-order valence-electron chi connectivity index (χ2n) is 7.07. The summed E-state index contributed by atoms with van der Waals surface area (Å²) in [5, 5.41) is 1.28. The van der Waals surface area contributed by atoms with Crippen LogP contribution in [0.25, 0.3) is 10.2 Å². The number of hydrogen-bond donors (Lipinski definition) is 0. The van der Waals surface area contributed by atoms with Gasteiger partial charge in [-0.3, -0.25) is 9.69 Å². The van der Waals surface area contributed by atoms with Crippen LogP contribution in [0.5, 0.6) is 11.5 Å². The number of likely N-dealkylation sites (N-methyl/N-ethyl adjacent to an activating group) is 1. The number of halogens is 2. The quantitative estimate of drug-likeness (QED) is 0.373. The van der Waals surface area contributed by atoms with Gasteiger partial charge in [-0.1, -0.05) is 42.9 Å². The molecule has 3 aromatic rings. The summed E-state index contributed by atoms with van der Waals surface area (Å²) < 4.78 is 12.2. The van der Waals surface area contributed by atoms with Crippen molar-refractivity contribution in [2.45, 2.75) is 20.8 Å². The van der Waals surface area contributed by atoms with Crippen molar-refractivity contribution >= 4 is 56.6 Å². The van der Waals surface area contributed by atoms with Gasteiger partial charge in [-0.25, -0.2) is 4.98 Å². The van der Waals surface area contributed by atoms with Gasteiger partial charge < -0.3 is 14.4 Å². The molecule has 32 heavy (non-hydrogen) atoms. The van der Waals surface area contributed by atoms with Crippen LogP contribution in [-0.4, -0.2) is 55.7 Å². The summed E-state index contributed by atoms with van der Waals surface area (Å²) in [6.45, 7) is 9.33. The van der Waals surface area contributed by atoms with Crippen molar-refractivity contribution in [2.24, 2.45) is 0 Å². The third kappa shape index (κ3) is 6.25. The van der Waals surface area contributed by atoms with E-state index in [9.17, 15) is 4.79 Å². The summed E-state index contributed by atoms with van der Waals surface area (Å²) >= 11 is 7.43. The van der Waals surface area contributed by atoms with Crippen molar-refractivity contribution in [3.8, 4) is 11.5 Å². The van der Waals surface area contributed by atoms with Crippen molar-refractivity contribution in [1.29, 1.82) is 0 Å². The minimum atomic E-state index is -0.141. The van der Waals surface area contributed by atoms with Gasteiger partial charge in [0.1, 0.15) is 17.0 Å². The number of benzene rings is 2. The number of rotatable bonds is 10. The molecule has 0 saturated heterocycles. The number of thiazole rings is 1. The average molecular weight is 498 g/mol. The lowest BCUT2D eigenvalue weighted by Crippen LogP contribution is -2.41. The van der Waals surface area contributed by atoms with Crippen LogP contribution in [0.4, 0.5) is 5.13 Å². The third-order valence-electron chi connectivity index (χ3n) is 5.15. The molecule has 0 radical (unpaired) electrons. The summed E-state index contributed by atoms with van der Waals surface area (Å²) in [5.74, 6) is 1.16. The second-order valence-corrected chi connectivity index (χ2v) is 8.49. The van der Waals surface area contributed by atoms with Crippen LogP contribution in [-0.2, 0) is 4.79 Å². The van der Waals surface area contributed by atoms with Crippen molar-refractivity contribution in [3.63, 3.8) is 0 Å². The van der Waals surface area contributed by atoms with Gasteiger partial charge in [0.15, 0.2) is 11.7 Å². The molecule has 0 saturated carbocycles. The van der Waals surface area contributed by atoms with Gasteiger partial charge in [-0.15, -0.1) is 12.4 Å². The first-order chi connectivity index (χ1) is 15.0.